The zero-order chi connectivity index (χ0) is 30.2. The van der Waals surface area contributed by atoms with E-state index >= 15 is 0 Å². The average molecular weight is 568 g/mol. The lowest BCUT2D eigenvalue weighted by Crippen LogP contribution is -2.32. The van der Waals surface area contributed by atoms with Gasteiger partial charge in [0.05, 0.1) is 11.9 Å². The van der Waals surface area contributed by atoms with Crippen LogP contribution in [0.4, 0.5) is 16.3 Å². The number of carbonyl (C=O) groups is 1. The van der Waals surface area contributed by atoms with Crippen LogP contribution in [0.1, 0.15) is 71.5 Å². The number of ether oxygens (including phenoxy) is 1. The maximum atomic E-state index is 12.2. The number of alkyl carbamates (subject to hydrolysis) is 1. The molecule has 1 amide bonds. The van der Waals surface area contributed by atoms with Gasteiger partial charge in [0.1, 0.15) is 17.2 Å². The summed E-state index contributed by atoms with van der Waals surface area (Å²) in [7, 11) is 1.91. The lowest BCUT2D eigenvalue weighted by atomic mass is 9.91. The van der Waals surface area contributed by atoms with Gasteiger partial charge in [0.2, 0.25) is 0 Å². The highest BCUT2D eigenvalue weighted by atomic mass is 16.6. The van der Waals surface area contributed by atoms with Gasteiger partial charge in [-0.1, -0.05) is 32.9 Å². The van der Waals surface area contributed by atoms with Gasteiger partial charge >= 0.3 is 6.09 Å². The molecular weight excluding hydrogens is 534 g/mol. The van der Waals surface area contributed by atoms with Crippen LogP contribution in [0, 0.1) is 11.3 Å². The van der Waals surface area contributed by atoms with Gasteiger partial charge in [0.25, 0.3) is 0 Å². The van der Waals surface area contributed by atoms with Crippen LogP contribution >= 0.6 is 0 Å². The van der Waals surface area contributed by atoms with Crippen LogP contribution in [0.3, 0.4) is 0 Å². The Morgan fingerprint density at radius 1 is 1.10 bits per heavy atom. The Morgan fingerprint density at radius 3 is 2.50 bits per heavy atom. The lowest BCUT2D eigenvalue weighted by molar-refractivity contribution is 0.0544. The van der Waals surface area contributed by atoms with Gasteiger partial charge in [-0.05, 0) is 57.4 Å². The van der Waals surface area contributed by atoms with Crippen molar-refractivity contribution < 1.29 is 9.53 Å². The predicted molar refractivity (Wildman–Crippen MR) is 156 cm³/mol. The molecule has 13 heteroatoms. The SMILES string of the molecule is Cn1c(C2=CC=C(NC(=O)OC(C)(C)C)CC2)nn2nc(C(C)(C)C)c(/N=N/c3c(C#N)cnn3-c3ccccn3)c12. The van der Waals surface area contributed by atoms with Gasteiger partial charge in [-0.25, -0.2) is 9.78 Å². The van der Waals surface area contributed by atoms with Crippen molar-refractivity contribution in [3.63, 3.8) is 0 Å². The van der Waals surface area contributed by atoms with Crippen molar-refractivity contribution in [3.8, 4) is 11.9 Å². The van der Waals surface area contributed by atoms with Crippen molar-refractivity contribution in [2.75, 3.05) is 0 Å². The first-order valence-corrected chi connectivity index (χ1v) is 13.5. The zero-order valence-electron chi connectivity index (χ0n) is 24.7. The monoisotopic (exact) mass is 567 g/mol. The smallest absolute Gasteiger partial charge is 0.411 e. The van der Waals surface area contributed by atoms with Crippen LogP contribution in [0.5, 0.6) is 0 Å². The van der Waals surface area contributed by atoms with Gasteiger partial charge in [0.15, 0.2) is 28.8 Å². The molecule has 0 aromatic carbocycles. The van der Waals surface area contributed by atoms with Crippen molar-refractivity contribution in [2.24, 2.45) is 17.3 Å². The Hall–Kier alpha value is -5.12. The number of nitriles is 1. The van der Waals surface area contributed by atoms with Crippen LogP contribution in [0.25, 0.3) is 17.0 Å². The highest BCUT2D eigenvalue weighted by Gasteiger charge is 2.29. The summed E-state index contributed by atoms with van der Waals surface area (Å²) in [5, 5.41) is 35.5. The fraction of sp³-hybridized carbons (Fsp3) is 0.379. The number of azo groups is 1. The number of nitrogens with one attached hydrogen (secondary N) is 1. The number of pyridine rings is 1. The van der Waals surface area contributed by atoms with Crippen LogP contribution in [-0.4, -0.2) is 45.9 Å². The first-order valence-electron chi connectivity index (χ1n) is 13.5. The molecule has 0 unspecified atom stereocenters. The van der Waals surface area contributed by atoms with E-state index in [1.165, 1.54) is 10.9 Å². The maximum Gasteiger partial charge on any atom is 0.411 e. The molecule has 0 bridgehead atoms. The molecule has 0 saturated carbocycles. The van der Waals surface area contributed by atoms with Gasteiger partial charge < -0.3 is 9.30 Å². The minimum Gasteiger partial charge on any atom is -0.444 e. The fourth-order valence-corrected chi connectivity index (χ4v) is 4.51. The Morgan fingerprint density at radius 2 is 1.88 bits per heavy atom. The Kier molecular flexibility index (Phi) is 7.24. The molecule has 0 aliphatic heterocycles. The molecular formula is C29H33N11O2. The van der Waals surface area contributed by atoms with E-state index in [9.17, 15) is 10.1 Å². The first kappa shape index (κ1) is 28.4. The lowest BCUT2D eigenvalue weighted by Gasteiger charge is -2.21. The number of amides is 1. The summed E-state index contributed by atoms with van der Waals surface area (Å²) in [6, 6.07) is 7.54. The van der Waals surface area contributed by atoms with Crippen LogP contribution in [0.2, 0.25) is 0 Å². The summed E-state index contributed by atoms with van der Waals surface area (Å²) in [4.78, 5) is 16.5. The van der Waals surface area contributed by atoms with E-state index in [-0.39, 0.29) is 16.8 Å². The number of fused-ring (bicyclic) bond motifs is 1. The van der Waals surface area contributed by atoms with Crippen molar-refractivity contribution in [2.45, 2.75) is 65.4 Å². The number of allylic oxidation sites excluding steroid dienone is 4. The summed E-state index contributed by atoms with van der Waals surface area (Å²) in [6.07, 6.45) is 7.69. The second kappa shape index (κ2) is 10.7. The van der Waals surface area contributed by atoms with E-state index in [0.717, 1.165) is 17.1 Å². The summed E-state index contributed by atoms with van der Waals surface area (Å²) < 4.78 is 10.4. The number of aryl methyl sites for hydroxylation is 1. The minimum atomic E-state index is -0.572. The number of hydrogen-bond acceptors (Lipinski definition) is 9. The van der Waals surface area contributed by atoms with E-state index < -0.39 is 11.7 Å². The molecule has 5 rings (SSSR count). The second-order valence-corrected chi connectivity index (χ2v) is 11.9. The van der Waals surface area contributed by atoms with E-state index in [4.69, 9.17) is 14.9 Å². The molecule has 13 nitrogen and oxygen atoms in total. The predicted octanol–water partition coefficient (Wildman–Crippen LogP) is 5.82. The van der Waals surface area contributed by atoms with Gasteiger partial charge in [-0.15, -0.1) is 20.0 Å². The number of hydrogen-bond donors (Lipinski definition) is 1. The van der Waals surface area contributed by atoms with Crippen molar-refractivity contribution >= 4 is 28.8 Å². The van der Waals surface area contributed by atoms with Crippen molar-refractivity contribution in [1.82, 2.24) is 39.5 Å². The molecule has 1 aliphatic rings. The highest BCUT2D eigenvalue weighted by molar-refractivity contribution is 5.74. The minimum absolute atomic E-state index is 0.267. The summed E-state index contributed by atoms with van der Waals surface area (Å²) >= 11 is 0. The maximum absolute atomic E-state index is 12.2. The Labute approximate surface area is 243 Å². The van der Waals surface area contributed by atoms with Crippen molar-refractivity contribution in [3.05, 3.63) is 65.5 Å². The van der Waals surface area contributed by atoms with Crippen LogP contribution in [-0.2, 0) is 17.2 Å². The zero-order valence-corrected chi connectivity index (χ0v) is 24.7. The second-order valence-electron chi connectivity index (χ2n) is 11.9. The van der Waals surface area contributed by atoms with Crippen LogP contribution < -0.4 is 5.32 Å². The number of rotatable bonds is 5. The van der Waals surface area contributed by atoms with Crippen molar-refractivity contribution in [1.29, 1.82) is 5.26 Å². The molecule has 0 radical (unpaired) electrons. The molecule has 0 atom stereocenters. The molecule has 42 heavy (non-hydrogen) atoms. The topological polar surface area (TPSA) is 153 Å². The molecule has 1 N–H and O–H groups in total. The molecule has 0 saturated heterocycles. The van der Waals surface area contributed by atoms with E-state index in [2.05, 4.69) is 31.7 Å². The van der Waals surface area contributed by atoms with E-state index in [1.807, 2.05) is 71.4 Å². The normalized spacial score (nSPS) is 14.1. The first-order chi connectivity index (χ1) is 19.9. The Bertz CT molecular complexity index is 1780. The summed E-state index contributed by atoms with van der Waals surface area (Å²) in [5.41, 5.74) is 3.00. The average Bonchev–Trinajstić information content (AvgIpc) is 3.59. The molecule has 0 spiro atoms. The molecule has 0 fully saturated rings. The molecule has 4 aromatic rings. The Balaban J connectivity index is 1.53. The third kappa shape index (κ3) is 5.69. The number of aromatic nitrogens is 7. The van der Waals surface area contributed by atoms with Gasteiger partial charge in [0, 0.05) is 24.4 Å². The quantitative estimate of drug-likeness (QED) is 0.298. The number of carbonyl (C=O) groups excluding carboxylic acids is 1. The summed E-state index contributed by atoms with van der Waals surface area (Å²) in [5.74, 6) is 1.51. The molecule has 4 aromatic heterocycles. The largest absolute Gasteiger partial charge is 0.444 e. The highest BCUT2D eigenvalue weighted by Crippen LogP contribution is 2.37. The fourth-order valence-electron chi connectivity index (χ4n) is 4.51. The number of nitrogens with zero attached hydrogens (tertiary/aromatic N) is 10. The molecule has 4 heterocycles. The molecule has 1 aliphatic carbocycles. The van der Waals surface area contributed by atoms with Gasteiger partial charge in [-0.3, -0.25) is 5.32 Å². The summed E-state index contributed by atoms with van der Waals surface area (Å²) in [6.45, 7) is 11.6. The van der Waals surface area contributed by atoms with Crippen LogP contribution in [0.15, 0.2) is 58.7 Å². The van der Waals surface area contributed by atoms with Gasteiger partial charge in [-0.2, -0.15) is 20.1 Å². The molecule has 216 valence electrons. The third-order valence-electron chi connectivity index (χ3n) is 6.43. The van der Waals surface area contributed by atoms with E-state index in [1.54, 1.807) is 23.0 Å². The standard InChI is InChI=1S/C29H33N11O2/c1-28(2,3)23-22(34-35-24-19(16-30)17-32-39(24)21-10-8-9-15-31-21)26-38(7)25(37-40(26)36-23)18-11-13-20(14-12-18)33-27(41)42-29(4,5)6/h8-11,13,15,17H,12,14H2,1-7H3,(H,33,41)/b35-34+. The van der Waals surface area contributed by atoms with E-state index in [0.29, 0.717) is 35.7 Å². The third-order valence-corrected chi connectivity index (χ3v) is 6.43.